The number of benzene rings is 1. The minimum absolute atomic E-state index is 0.0956. The molecule has 9 heteroatoms. The zero-order chi connectivity index (χ0) is 21.9. The molecule has 1 saturated carbocycles. The van der Waals surface area contributed by atoms with E-state index in [1.165, 1.54) is 0 Å². The number of aliphatic carboxylic acids is 1. The average Bonchev–Trinajstić information content (AvgIpc) is 2.73. The first kappa shape index (κ1) is 22.9. The molecule has 2 fully saturated rings. The molecule has 1 aliphatic carbocycles. The van der Waals surface area contributed by atoms with E-state index in [0.717, 1.165) is 37.7 Å². The van der Waals surface area contributed by atoms with Crippen LogP contribution in [-0.4, -0.2) is 81.4 Å². The Labute approximate surface area is 175 Å². The van der Waals surface area contributed by atoms with E-state index >= 15 is 0 Å². The summed E-state index contributed by atoms with van der Waals surface area (Å²) in [5.74, 6) is -1.26. The normalized spacial score (nSPS) is 32.4. The van der Waals surface area contributed by atoms with Crippen LogP contribution in [0.15, 0.2) is 24.3 Å². The quantitative estimate of drug-likeness (QED) is 0.354. The van der Waals surface area contributed by atoms with Crippen LogP contribution in [0.1, 0.15) is 43.6 Å². The second-order valence-electron chi connectivity index (χ2n) is 8.20. The van der Waals surface area contributed by atoms with Gasteiger partial charge in [-0.1, -0.05) is 31.4 Å². The lowest BCUT2D eigenvalue weighted by atomic mass is 9.73. The molecule has 9 nitrogen and oxygen atoms in total. The van der Waals surface area contributed by atoms with Gasteiger partial charge in [0.2, 0.25) is 6.29 Å². The van der Waals surface area contributed by atoms with E-state index in [2.05, 4.69) is 5.32 Å². The third kappa shape index (κ3) is 4.77. The van der Waals surface area contributed by atoms with Gasteiger partial charge in [-0.25, -0.2) is 4.79 Å². The van der Waals surface area contributed by atoms with Gasteiger partial charge in [-0.05, 0) is 37.6 Å². The molecule has 1 aliphatic heterocycles. The summed E-state index contributed by atoms with van der Waals surface area (Å²) in [4.78, 5) is 11.2. The lowest BCUT2D eigenvalue weighted by Gasteiger charge is -2.40. The van der Waals surface area contributed by atoms with Crippen LogP contribution in [0.2, 0.25) is 0 Å². The molecule has 30 heavy (non-hydrogen) atoms. The molecule has 0 aromatic heterocycles. The summed E-state index contributed by atoms with van der Waals surface area (Å²) in [6.45, 7) is 0.617. The number of ether oxygens (including phenoxy) is 2. The lowest BCUT2D eigenvalue weighted by molar-refractivity contribution is -0.271. The number of hydrogen-bond acceptors (Lipinski definition) is 8. The van der Waals surface area contributed by atoms with Gasteiger partial charge in [-0.15, -0.1) is 0 Å². The molecular formula is C21H31NO8. The number of carboxylic acids is 1. The molecule has 0 spiro atoms. The van der Waals surface area contributed by atoms with Crippen molar-refractivity contribution in [1.29, 1.82) is 0 Å². The summed E-state index contributed by atoms with van der Waals surface area (Å²) in [7, 11) is 1.84. The van der Waals surface area contributed by atoms with Gasteiger partial charge in [-0.3, -0.25) is 0 Å². The van der Waals surface area contributed by atoms with Crippen LogP contribution in [0.5, 0.6) is 5.75 Å². The van der Waals surface area contributed by atoms with Crippen molar-refractivity contribution in [3.63, 3.8) is 0 Å². The maximum atomic E-state index is 11.2. The number of carboxylic acid groups (broad SMARTS) is 1. The number of nitrogens with one attached hydrogen (secondary N) is 1. The van der Waals surface area contributed by atoms with E-state index in [1.807, 2.05) is 19.2 Å². The molecular weight excluding hydrogens is 394 g/mol. The highest BCUT2D eigenvalue weighted by atomic mass is 16.7. The maximum absolute atomic E-state index is 11.2. The molecule has 1 aromatic carbocycles. The van der Waals surface area contributed by atoms with Gasteiger partial charge in [0.05, 0.1) is 5.60 Å². The number of aliphatic hydroxyl groups is 4. The Morgan fingerprint density at radius 1 is 1.13 bits per heavy atom. The molecule has 6 atom stereocenters. The number of aliphatic hydroxyl groups excluding tert-OH is 3. The summed E-state index contributed by atoms with van der Waals surface area (Å²) in [6.07, 6.45) is -3.66. The molecule has 2 aliphatic rings. The molecule has 0 bridgehead atoms. The van der Waals surface area contributed by atoms with Gasteiger partial charge in [0, 0.05) is 12.5 Å². The molecule has 1 saturated heterocycles. The summed E-state index contributed by atoms with van der Waals surface area (Å²) in [5.41, 5.74) is 0.159. The molecule has 0 radical (unpaired) electrons. The van der Waals surface area contributed by atoms with E-state index < -0.39 is 42.3 Å². The predicted molar refractivity (Wildman–Crippen MR) is 106 cm³/mol. The number of rotatable bonds is 7. The van der Waals surface area contributed by atoms with Gasteiger partial charge in [0.1, 0.15) is 24.1 Å². The number of hydrogen-bond donors (Lipinski definition) is 6. The Bertz CT molecular complexity index is 705. The second kappa shape index (κ2) is 9.59. The molecule has 3 rings (SSSR count). The summed E-state index contributed by atoms with van der Waals surface area (Å²) >= 11 is 0. The minimum atomic E-state index is -1.77. The second-order valence-corrected chi connectivity index (χ2v) is 8.20. The monoisotopic (exact) mass is 425 g/mol. The van der Waals surface area contributed by atoms with E-state index in [0.29, 0.717) is 12.3 Å². The maximum Gasteiger partial charge on any atom is 0.335 e. The summed E-state index contributed by atoms with van der Waals surface area (Å²) in [5, 5.41) is 53.2. The first-order chi connectivity index (χ1) is 14.3. The first-order valence-electron chi connectivity index (χ1n) is 10.3. The SMILES string of the molecule is CNC[C@@H](c1ccc(O[C@@H]2O[C@H](C(=O)O)[C@@H](O)[C@H](O)[C@H]2O)cc1)C1(O)CCCCC1. The van der Waals surface area contributed by atoms with E-state index in [1.54, 1.807) is 12.1 Å². The van der Waals surface area contributed by atoms with Gasteiger partial charge in [0.25, 0.3) is 0 Å². The van der Waals surface area contributed by atoms with Crippen molar-refractivity contribution >= 4 is 5.97 Å². The average molecular weight is 425 g/mol. The van der Waals surface area contributed by atoms with E-state index in [9.17, 15) is 25.2 Å². The van der Waals surface area contributed by atoms with Gasteiger partial charge < -0.3 is 40.3 Å². The largest absolute Gasteiger partial charge is 0.479 e. The van der Waals surface area contributed by atoms with Crippen molar-refractivity contribution in [2.75, 3.05) is 13.6 Å². The number of likely N-dealkylation sites (N-methyl/N-ethyl adjacent to an activating group) is 1. The Kier molecular flexibility index (Phi) is 7.33. The Morgan fingerprint density at radius 2 is 1.77 bits per heavy atom. The van der Waals surface area contributed by atoms with Crippen LogP contribution >= 0.6 is 0 Å². The third-order valence-corrected chi connectivity index (χ3v) is 6.12. The Balaban J connectivity index is 1.73. The smallest absolute Gasteiger partial charge is 0.335 e. The molecule has 1 aromatic rings. The zero-order valence-corrected chi connectivity index (χ0v) is 17.0. The highest BCUT2D eigenvalue weighted by Gasteiger charge is 2.48. The van der Waals surface area contributed by atoms with Crippen LogP contribution in [0.3, 0.4) is 0 Å². The first-order valence-corrected chi connectivity index (χ1v) is 10.3. The topological polar surface area (TPSA) is 149 Å². The Hall–Kier alpha value is -1.75. The predicted octanol–water partition coefficient (Wildman–Crippen LogP) is -0.0442. The van der Waals surface area contributed by atoms with Crippen LogP contribution < -0.4 is 10.1 Å². The van der Waals surface area contributed by atoms with E-state index in [4.69, 9.17) is 14.6 Å². The summed E-state index contributed by atoms with van der Waals surface area (Å²) in [6, 6.07) is 6.93. The van der Waals surface area contributed by atoms with E-state index in [-0.39, 0.29) is 5.92 Å². The molecule has 0 unspecified atom stereocenters. The van der Waals surface area contributed by atoms with Crippen molar-refractivity contribution in [1.82, 2.24) is 5.32 Å². The fourth-order valence-electron chi connectivity index (χ4n) is 4.40. The van der Waals surface area contributed by atoms with Crippen molar-refractivity contribution in [3.05, 3.63) is 29.8 Å². The van der Waals surface area contributed by atoms with Crippen molar-refractivity contribution < 1.29 is 39.8 Å². The molecule has 1 heterocycles. The van der Waals surface area contributed by atoms with Crippen molar-refractivity contribution in [2.45, 2.75) is 74.3 Å². The van der Waals surface area contributed by atoms with Crippen molar-refractivity contribution in [2.24, 2.45) is 0 Å². The standard InChI is InChI=1S/C21H31NO8/c1-22-11-14(21(28)9-3-2-4-10-21)12-5-7-13(8-6-12)29-20-17(25)15(23)16(24)18(30-20)19(26)27/h5-8,14-18,20,22-25,28H,2-4,9-11H2,1H3,(H,26,27)/t14-,15-,16-,17+,18-,20+/m0/s1. The molecule has 168 valence electrons. The third-order valence-electron chi connectivity index (χ3n) is 6.12. The van der Waals surface area contributed by atoms with Crippen LogP contribution in [0, 0.1) is 0 Å². The van der Waals surface area contributed by atoms with Gasteiger partial charge in [0.15, 0.2) is 6.10 Å². The van der Waals surface area contributed by atoms with Crippen LogP contribution in [0.4, 0.5) is 0 Å². The van der Waals surface area contributed by atoms with Crippen LogP contribution in [-0.2, 0) is 9.53 Å². The van der Waals surface area contributed by atoms with Gasteiger partial charge in [-0.2, -0.15) is 0 Å². The fraction of sp³-hybridized carbons (Fsp3) is 0.667. The lowest BCUT2D eigenvalue weighted by Crippen LogP contribution is -2.61. The Morgan fingerprint density at radius 3 is 2.33 bits per heavy atom. The fourth-order valence-corrected chi connectivity index (χ4v) is 4.40. The number of carbonyl (C=O) groups is 1. The minimum Gasteiger partial charge on any atom is -0.479 e. The van der Waals surface area contributed by atoms with Crippen molar-refractivity contribution in [3.8, 4) is 5.75 Å². The van der Waals surface area contributed by atoms with Gasteiger partial charge >= 0.3 is 5.97 Å². The molecule has 6 N–H and O–H groups in total. The highest BCUT2D eigenvalue weighted by molar-refractivity contribution is 5.73. The molecule has 0 amide bonds. The van der Waals surface area contributed by atoms with Crippen LogP contribution in [0.25, 0.3) is 0 Å². The highest BCUT2D eigenvalue weighted by Crippen LogP contribution is 2.40. The summed E-state index contributed by atoms with van der Waals surface area (Å²) < 4.78 is 10.7. The zero-order valence-electron chi connectivity index (χ0n) is 17.0.